The summed E-state index contributed by atoms with van der Waals surface area (Å²) >= 11 is 0. The molecule has 88 valence electrons. The largest absolute Gasteiger partial charge is 0.352 e. The number of carbonyl (C=O) groups is 1. The van der Waals surface area contributed by atoms with Crippen LogP contribution in [0.3, 0.4) is 0 Å². The van der Waals surface area contributed by atoms with Gasteiger partial charge in [-0.05, 0) is 12.8 Å². The standard InChI is InChI=1S/C11H18N4O/c16-11(15-9-3-1-2-4-9)8-12-7-10-13-5-6-14-10/h5-6,9,12H,1-4,7-8H2,(H,13,14)(H,15,16). The van der Waals surface area contributed by atoms with Crippen molar-refractivity contribution in [3.05, 3.63) is 18.2 Å². The second-order valence-corrected chi connectivity index (χ2v) is 4.19. The lowest BCUT2D eigenvalue weighted by atomic mass is 10.2. The van der Waals surface area contributed by atoms with Crippen LogP contribution in [0.25, 0.3) is 0 Å². The average Bonchev–Trinajstić information content (AvgIpc) is 2.90. The zero-order valence-corrected chi connectivity index (χ0v) is 9.33. The van der Waals surface area contributed by atoms with E-state index < -0.39 is 0 Å². The quantitative estimate of drug-likeness (QED) is 0.681. The summed E-state index contributed by atoms with van der Waals surface area (Å²) in [6.07, 6.45) is 8.22. The number of aromatic nitrogens is 2. The van der Waals surface area contributed by atoms with Gasteiger partial charge in [-0.1, -0.05) is 12.8 Å². The summed E-state index contributed by atoms with van der Waals surface area (Å²) < 4.78 is 0. The Labute approximate surface area is 95.0 Å². The summed E-state index contributed by atoms with van der Waals surface area (Å²) in [4.78, 5) is 18.6. The molecule has 3 N–H and O–H groups in total. The van der Waals surface area contributed by atoms with Crippen molar-refractivity contribution in [1.82, 2.24) is 20.6 Å². The van der Waals surface area contributed by atoms with E-state index >= 15 is 0 Å². The van der Waals surface area contributed by atoms with E-state index in [0.717, 1.165) is 18.7 Å². The molecule has 1 aliphatic rings. The summed E-state index contributed by atoms with van der Waals surface area (Å²) in [5.41, 5.74) is 0. The molecule has 1 heterocycles. The fourth-order valence-corrected chi connectivity index (χ4v) is 2.04. The number of H-pyrrole nitrogens is 1. The molecule has 1 amide bonds. The molecule has 2 rings (SSSR count). The fraction of sp³-hybridized carbons (Fsp3) is 0.636. The minimum absolute atomic E-state index is 0.0819. The van der Waals surface area contributed by atoms with Crippen LogP contribution in [0, 0.1) is 0 Å². The van der Waals surface area contributed by atoms with E-state index in [1.165, 1.54) is 12.8 Å². The van der Waals surface area contributed by atoms with Crippen molar-refractivity contribution in [3.63, 3.8) is 0 Å². The van der Waals surface area contributed by atoms with Crippen LogP contribution in [-0.4, -0.2) is 28.5 Å². The van der Waals surface area contributed by atoms with Gasteiger partial charge in [-0.3, -0.25) is 4.79 Å². The van der Waals surface area contributed by atoms with Crippen molar-refractivity contribution in [1.29, 1.82) is 0 Å². The Morgan fingerprint density at radius 2 is 2.31 bits per heavy atom. The number of rotatable bonds is 5. The number of carbonyl (C=O) groups excluding carboxylic acids is 1. The minimum atomic E-state index is 0.0819. The fourth-order valence-electron chi connectivity index (χ4n) is 2.04. The van der Waals surface area contributed by atoms with Gasteiger partial charge < -0.3 is 15.6 Å². The van der Waals surface area contributed by atoms with Crippen LogP contribution < -0.4 is 10.6 Å². The Balaban J connectivity index is 1.60. The van der Waals surface area contributed by atoms with Crippen LogP contribution >= 0.6 is 0 Å². The summed E-state index contributed by atoms with van der Waals surface area (Å²) in [5, 5.41) is 6.08. The third-order valence-electron chi connectivity index (χ3n) is 2.85. The molecule has 0 saturated heterocycles. The highest BCUT2D eigenvalue weighted by Crippen LogP contribution is 2.17. The molecule has 1 aromatic rings. The molecule has 1 aromatic heterocycles. The first-order valence-electron chi connectivity index (χ1n) is 5.83. The van der Waals surface area contributed by atoms with Crippen molar-refractivity contribution in [2.24, 2.45) is 0 Å². The molecular weight excluding hydrogens is 204 g/mol. The molecule has 0 bridgehead atoms. The lowest BCUT2D eigenvalue weighted by Crippen LogP contribution is -2.39. The number of aromatic amines is 1. The van der Waals surface area contributed by atoms with E-state index in [2.05, 4.69) is 20.6 Å². The Hall–Kier alpha value is -1.36. The first kappa shape index (κ1) is 11.1. The van der Waals surface area contributed by atoms with Gasteiger partial charge in [0, 0.05) is 18.4 Å². The molecule has 0 radical (unpaired) electrons. The molecule has 0 aliphatic heterocycles. The second kappa shape index (κ2) is 5.65. The first-order chi connectivity index (χ1) is 7.84. The van der Waals surface area contributed by atoms with E-state index in [1.54, 1.807) is 12.4 Å². The molecule has 5 heteroatoms. The molecule has 5 nitrogen and oxygen atoms in total. The van der Waals surface area contributed by atoms with Crippen molar-refractivity contribution < 1.29 is 4.79 Å². The summed E-state index contributed by atoms with van der Waals surface area (Å²) in [6, 6.07) is 0.401. The van der Waals surface area contributed by atoms with Crippen LogP contribution in [0.5, 0.6) is 0 Å². The van der Waals surface area contributed by atoms with E-state index in [-0.39, 0.29) is 5.91 Å². The molecular formula is C11H18N4O. The van der Waals surface area contributed by atoms with Crippen LogP contribution in [0.4, 0.5) is 0 Å². The van der Waals surface area contributed by atoms with Gasteiger partial charge in [0.25, 0.3) is 0 Å². The van der Waals surface area contributed by atoms with Crippen molar-refractivity contribution >= 4 is 5.91 Å². The highest BCUT2D eigenvalue weighted by Gasteiger charge is 2.16. The molecule has 1 saturated carbocycles. The molecule has 1 aliphatic carbocycles. The molecule has 16 heavy (non-hydrogen) atoms. The van der Waals surface area contributed by atoms with Gasteiger partial charge in [0.15, 0.2) is 0 Å². The van der Waals surface area contributed by atoms with Gasteiger partial charge in [-0.2, -0.15) is 0 Å². The van der Waals surface area contributed by atoms with Crippen LogP contribution in [0.2, 0.25) is 0 Å². The number of amides is 1. The summed E-state index contributed by atoms with van der Waals surface area (Å²) in [6.45, 7) is 0.961. The maximum atomic E-state index is 11.5. The van der Waals surface area contributed by atoms with Crippen molar-refractivity contribution in [3.8, 4) is 0 Å². The number of nitrogens with zero attached hydrogens (tertiary/aromatic N) is 1. The highest BCUT2D eigenvalue weighted by atomic mass is 16.1. The SMILES string of the molecule is O=C(CNCc1ncc[nH]1)NC1CCCC1. The Morgan fingerprint density at radius 1 is 1.50 bits per heavy atom. The van der Waals surface area contributed by atoms with Crippen molar-refractivity contribution in [2.45, 2.75) is 38.3 Å². The Kier molecular flexibility index (Phi) is 3.93. The Morgan fingerprint density at radius 3 is 3.00 bits per heavy atom. The summed E-state index contributed by atoms with van der Waals surface area (Å²) in [7, 11) is 0. The third-order valence-corrected chi connectivity index (χ3v) is 2.85. The monoisotopic (exact) mass is 222 g/mol. The van der Waals surface area contributed by atoms with E-state index in [4.69, 9.17) is 0 Å². The van der Waals surface area contributed by atoms with Gasteiger partial charge >= 0.3 is 0 Å². The van der Waals surface area contributed by atoms with Gasteiger partial charge in [-0.25, -0.2) is 4.98 Å². The lowest BCUT2D eigenvalue weighted by Gasteiger charge is -2.11. The maximum Gasteiger partial charge on any atom is 0.234 e. The van der Waals surface area contributed by atoms with Gasteiger partial charge in [-0.15, -0.1) is 0 Å². The summed E-state index contributed by atoms with van der Waals surface area (Å²) in [5.74, 6) is 0.937. The van der Waals surface area contributed by atoms with E-state index in [9.17, 15) is 4.79 Å². The third kappa shape index (κ3) is 3.34. The van der Waals surface area contributed by atoms with E-state index in [0.29, 0.717) is 19.1 Å². The second-order valence-electron chi connectivity index (χ2n) is 4.19. The first-order valence-corrected chi connectivity index (χ1v) is 5.83. The number of nitrogens with one attached hydrogen (secondary N) is 3. The van der Waals surface area contributed by atoms with Crippen molar-refractivity contribution in [2.75, 3.05) is 6.54 Å². The lowest BCUT2D eigenvalue weighted by molar-refractivity contribution is -0.120. The number of imidazole rings is 1. The molecule has 0 spiro atoms. The predicted octanol–water partition coefficient (Wildman–Crippen LogP) is 0.558. The minimum Gasteiger partial charge on any atom is -0.352 e. The van der Waals surface area contributed by atoms with Gasteiger partial charge in [0.05, 0.1) is 13.1 Å². The predicted molar refractivity (Wildman–Crippen MR) is 60.7 cm³/mol. The van der Waals surface area contributed by atoms with Crippen LogP contribution in [-0.2, 0) is 11.3 Å². The van der Waals surface area contributed by atoms with Gasteiger partial charge in [0.2, 0.25) is 5.91 Å². The highest BCUT2D eigenvalue weighted by molar-refractivity contribution is 5.78. The van der Waals surface area contributed by atoms with Gasteiger partial charge in [0.1, 0.15) is 5.82 Å². The molecule has 0 unspecified atom stereocenters. The molecule has 0 atom stereocenters. The average molecular weight is 222 g/mol. The normalized spacial score (nSPS) is 16.5. The number of hydrogen-bond donors (Lipinski definition) is 3. The molecule has 0 aromatic carbocycles. The smallest absolute Gasteiger partial charge is 0.234 e. The van der Waals surface area contributed by atoms with E-state index in [1.807, 2.05) is 0 Å². The topological polar surface area (TPSA) is 69.8 Å². The zero-order valence-electron chi connectivity index (χ0n) is 9.33. The number of hydrogen-bond acceptors (Lipinski definition) is 3. The van der Waals surface area contributed by atoms with Crippen LogP contribution in [0.15, 0.2) is 12.4 Å². The maximum absolute atomic E-state index is 11.5. The zero-order chi connectivity index (χ0) is 11.2. The molecule has 1 fully saturated rings. The Bertz CT molecular complexity index is 317. The van der Waals surface area contributed by atoms with Crippen LogP contribution in [0.1, 0.15) is 31.5 Å².